The van der Waals surface area contributed by atoms with Crippen LogP contribution < -0.4 is 10.9 Å². The van der Waals surface area contributed by atoms with Crippen LogP contribution >= 0.6 is 15.9 Å². The van der Waals surface area contributed by atoms with Gasteiger partial charge in [-0.3, -0.25) is 4.79 Å². The first-order valence-electron chi connectivity index (χ1n) is 5.19. The summed E-state index contributed by atoms with van der Waals surface area (Å²) < 4.78 is 2.18. The first-order valence-corrected chi connectivity index (χ1v) is 5.98. The number of aromatic nitrogens is 2. The summed E-state index contributed by atoms with van der Waals surface area (Å²) in [6.45, 7) is 0.466. The van der Waals surface area contributed by atoms with Crippen LogP contribution in [0.4, 0.5) is 5.82 Å². The van der Waals surface area contributed by atoms with Gasteiger partial charge in [-0.2, -0.15) is 0 Å². The average molecular weight is 294 g/mol. The van der Waals surface area contributed by atoms with Gasteiger partial charge < -0.3 is 9.88 Å². The molecule has 2 aromatic heterocycles. The average Bonchev–Trinajstić information content (AvgIpc) is 2.35. The predicted octanol–water partition coefficient (Wildman–Crippen LogP) is 2.10. The summed E-state index contributed by atoms with van der Waals surface area (Å²) in [5, 5.41) is 2.97. The number of pyridine rings is 2. The molecule has 1 N–H and O–H groups in total. The Kier molecular flexibility index (Phi) is 3.58. The zero-order chi connectivity index (χ0) is 12.3. The summed E-state index contributed by atoms with van der Waals surface area (Å²) in [4.78, 5) is 16.2. The van der Waals surface area contributed by atoms with Gasteiger partial charge in [0.15, 0.2) is 0 Å². The summed E-state index contributed by atoms with van der Waals surface area (Å²) >= 11 is 3.22. The van der Waals surface area contributed by atoms with Crippen molar-refractivity contribution >= 4 is 21.7 Å². The van der Waals surface area contributed by atoms with E-state index in [1.807, 2.05) is 31.3 Å². The molecule has 17 heavy (non-hydrogen) atoms. The molecule has 0 unspecified atom stereocenters. The lowest BCUT2D eigenvalue weighted by Crippen LogP contribution is -2.20. The van der Waals surface area contributed by atoms with Crippen molar-refractivity contribution < 1.29 is 0 Å². The van der Waals surface area contributed by atoms with E-state index < -0.39 is 0 Å². The molecule has 0 atom stereocenters. The van der Waals surface area contributed by atoms with Crippen LogP contribution in [0.5, 0.6) is 0 Å². The molecule has 5 heteroatoms. The molecule has 0 amide bonds. The minimum atomic E-state index is -0.0517. The lowest BCUT2D eigenvalue weighted by molar-refractivity contribution is 0.736. The smallest absolute Gasteiger partial charge is 0.265 e. The molecule has 0 spiro atoms. The van der Waals surface area contributed by atoms with Crippen LogP contribution in [0.2, 0.25) is 0 Å². The number of hydrogen-bond acceptors (Lipinski definition) is 3. The highest BCUT2D eigenvalue weighted by Gasteiger charge is 2.02. The first kappa shape index (κ1) is 11.9. The highest BCUT2D eigenvalue weighted by Crippen LogP contribution is 2.06. The van der Waals surface area contributed by atoms with E-state index in [9.17, 15) is 4.79 Å². The Labute approximate surface area is 107 Å². The van der Waals surface area contributed by atoms with Crippen molar-refractivity contribution in [3.63, 3.8) is 0 Å². The van der Waals surface area contributed by atoms with E-state index in [1.54, 1.807) is 16.8 Å². The van der Waals surface area contributed by atoms with E-state index in [-0.39, 0.29) is 5.56 Å². The van der Waals surface area contributed by atoms with Crippen molar-refractivity contribution in [3.8, 4) is 0 Å². The number of halogens is 1. The number of hydrogen-bond donors (Lipinski definition) is 1. The SMILES string of the molecule is CNc1cccc(Cn2cccc(Br)c2=O)n1. The second-order valence-corrected chi connectivity index (χ2v) is 4.41. The van der Waals surface area contributed by atoms with Crippen molar-refractivity contribution in [1.29, 1.82) is 0 Å². The van der Waals surface area contributed by atoms with Crippen molar-refractivity contribution in [3.05, 3.63) is 57.0 Å². The van der Waals surface area contributed by atoms with Gasteiger partial charge in [0.05, 0.1) is 16.7 Å². The monoisotopic (exact) mass is 293 g/mol. The Balaban J connectivity index is 2.31. The fourth-order valence-electron chi connectivity index (χ4n) is 1.51. The molecule has 0 fully saturated rings. The Bertz CT molecular complexity index is 580. The Morgan fingerprint density at radius 3 is 2.94 bits per heavy atom. The Morgan fingerprint density at radius 2 is 2.18 bits per heavy atom. The van der Waals surface area contributed by atoms with Crippen molar-refractivity contribution in [2.24, 2.45) is 0 Å². The van der Waals surface area contributed by atoms with E-state index in [1.165, 1.54) is 0 Å². The van der Waals surface area contributed by atoms with Crippen LogP contribution in [-0.2, 0) is 6.54 Å². The zero-order valence-corrected chi connectivity index (χ0v) is 10.9. The lowest BCUT2D eigenvalue weighted by atomic mass is 10.3. The standard InChI is InChI=1S/C12H12BrN3O/c1-14-11-6-2-4-9(15-11)8-16-7-3-5-10(13)12(16)17/h2-7H,8H2,1H3,(H,14,15). The van der Waals surface area contributed by atoms with E-state index in [2.05, 4.69) is 26.2 Å². The molecule has 4 nitrogen and oxygen atoms in total. The fraction of sp³-hybridized carbons (Fsp3) is 0.167. The molecule has 0 aliphatic carbocycles. The molecular weight excluding hydrogens is 282 g/mol. The normalized spacial score (nSPS) is 10.2. The van der Waals surface area contributed by atoms with Crippen LogP contribution in [0, 0.1) is 0 Å². The number of nitrogens with one attached hydrogen (secondary N) is 1. The molecule has 2 rings (SSSR count). The Hall–Kier alpha value is -1.62. The molecule has 0 saturated heterocycles. The van der Waals surface area contributed by atoms with E-state index in [0.717, 1.165) is 11.5 Å². The van der Waals surface area contributed by atoms with Crippen LogP contribution in [0.15, 0.2) is 45.8 Å². The molecular formula is C12H12BrN3O. The second-order valence-electron chi connectivity index (χ2n) is 3.55. The highest BCUT2D eigenvalue weighted by atomic mass is 79.9. The van der Waals surface area contributed by atoms with Crippen LogP contribution in [0.25, 0.3) is 0 Å². The van der Waals surface area contributed by atoms with Gasteiger partial charge in [-0.25, -0.2) is 4.98 Å². The quantitative estimate of drug-likeness (QED) is 0.943. The van der Waals surface area contributed by atoms with Gasteiger partial charge in [-0.1, -0.05) is 6.07 Å². The molecule has 2 aromatic rings. The van der Waals surface area contributed by atoms with Crippen molar-refractivity contribution in [1.82, 2.24) is 9.55 Å². The van der Waals surface area contributed by atoms with Gasteiger partial charge in [0.25, 0.3) is 5.56 Å². The molecule has 0 radical (unpaired) electrons. The third kappa shape index (κ3) is 2.74. The Morgan fingerprint density at radius 1 is 1.35 bits per heavy atom. The van der Waals surface area contributed by atoms with Gasteiger partial charge in [-0.05, 0) is 40.2 Å². The predicted molar refractivity (Wildman–Crippen MR) is 71.3 cm³/mol. The second kappa shape index (κ2) is 5.14. The summed E-state index contributed by atoms with van der Waals surface area (Å²) in [5.74, 6) is 0.797. The minimum Gasteiger partial charge on any atom is -0.373 e. The molecule has 0 aromatic carbocycles. The molecule has 0 aliphatic rings. The van der Waals surface area contributed by atoms with Crippen molar-refractivity contribution in [2.45, 2.75) is 6.54 Å². The summed E-state index contributed by atoms with van der Waals surface area (Å²) in [6, 6.07) is 9.25. The van der Waals surface area contributed by atoms with Gasteiger partial charge in [0.2, 0.25) is 0 Å². The maximum atomic E-state index is 11.8. The van der Waals surface area contributed by atoms with Gasteiger partial charge in [0.1, 0.15) is 5.82 Å². The van der Waals surface area contributed by atoms with Gasteiger partial charge >= 0.3 is 0 Å². The third-order valence-corrected chi connectivity index (χ3v) is 2.97. The molecule has 0 bridgehead atoms. The minimum absolute atomic E-state index is 0.0517. The molecule has 88 valence electrons. The van der Waals surface area contributed by atoms with E-state index in [4.69, 9.17) is 0 Å². The summed E-state index contributed by atoms with van der Waals surface area (Å²) in [6.07, 6.45) is 1.75. The number of rotatable bonds is 3. The zero-order valence-electron chi connectivity index (χ0n) is 9.35. The summed E-state index contributed by atoms with van der Waals surface area (Å²) in [7, 11) is 1.82. The van der Waals surface area contributed by atoms with E-state index in [0.29, 0.717) is 11.0 Å². The maximum absolute atomic E-state index is 11.8. The molecule has 2 heterocycles. The third-order valence-electron chi connectivity index (χ3n) is 2.37. The van der Waals surface area contributed by atoms with Crippen molar-refractivity contribution in [2.75, 3.05) is 12.4 Å². The summed E-state index contributed by atoms with van der Waals surface area (Å²) in [5.41, 5.74) is 0.793. The fourth-order valence-corrected chi connectivity index (χ4v) is 1.89. The van der Waals surface area contributed by atoms with Crippen LogP contribution in [-0.4, -0.2) is 16.6 Å². The van der Waals surface area contributed by atoms with Gasteiger partial charge in [-0.15, -0.1) is 0 Å². The molecule has 0 saturated carbocycles. The van der Waals surface area contributed by atoms with Gasteiger partial charge in [0, 0.05) is 13.2 Å². The number of anilines is 1. The largest absolute Gasteiger partial charge is 0.373 e. The van der Waals surface area contributed by atoms with E-state index >= 15 is 0 Å². The van der Waals surface area contributed by atoms with Crippen LogP contribution in [0.1, 0.15) is 5.69 Å². The molecule has 0 aliphatic heterocycles. The van der Waals surface area contributed by atoms with Crippen LogP contribution in [0.3, 0.4) is 0 Å². The number of nitrogens with zero attached hydrogens (tertiary/aromatic N) is 2. The highest BCUT2D eigenvalue weighted by molar-refractivity contribution is 9.10. The lowest BCUT2D eigenvalue weighted by Gasteiger charge is -2.06. The maximum Gasteiger partial charge on any atom is 0.265 e. The first-order chi connectivity index (χ1) is 8.20. The topological polar surface area (TPSA) is 46.9 Å².